The van der Waals surface area contributed by atoms with Crippen molar-refractivity contribution in [2.24, 2.45) is 0 Å². The molecule has 0 unspecified atom stereocenters. The van der Waals surface area contributed by atoms with Gasteiger partial charge in [0.2, 0.25) is 0 Å². The van der Waals surface area contributed by atoms with Crippen LogP contribution < -0.4 is 0 Å². The fraction of sp³-hybridized carbons (Fsp3) is 0.211. The van der Waals surface area contributed by atoms with Crippen molar-refractivity contribution in [2.45, 2.75) is 25.1 Å². The Morgan fingerprint density at radius 3 is 2.75 bits per heavy atom. The van der Waals surface area contributed by atoms with Gasteiger partial charge in [-0.25, -0.2) is 18.4 Å². The summed E-state index contributed by atoms with van der Waals surface area (Å²) in [6.07, 6.45) is 4.45. The number of fused-ring (bicyclic) bond motifs is 1. The van der Waals surface area contributed by atoms with Gasteiger partial charge in [-0.05, 0) is 31.2 Å². The standard InChI is InChI=1S/C19H16ClF2N5O/c1-12(27-8-13-6-14(20)2-5-18(13)25-27)19(28,9-26-11-23-10-24-26)16-4-3-15(21)7-17(16)22/h2-8,10-12,28H,9H2,1H3/t12-,19-/m1/s1. The summed E-state index contributed by atoms with van der Waals surface area (Å²) in [7, 11) is 0. The van der Waals surface area contributed by atoms with Crippen molar-refractivity contribution in [3.8, 4) is 0 Å². The van der Waals surface area contributed by atoms with Crippen LogP contribution in [0.5, 0.6) is 0 Å². The van der Waals surface area contributed by atoms with Crippen molar-refractivity contribution in [3.05, 3.63) is 77.5 Å². The molecule has 9 heteroatoms. The third-order valence-corrected chi connectivity index (χ3v) is 5.07. The summed E-state index contributed by atoms with van der Waals surface area (Å²) in [5.41, 5.74) is -1.16. The maximum absolute atomic E-state index is 14.6. The van der Waals surface area contributed by atoms with Crippen LogP contribution in [0.15, 0.2) is 55.2 Å². The molecule has 2 atom stereocenters. The van der Waals surface area contributed by atoms with Crippen LogP contribution in [0.2, 0.25) is 5.02 Å². The molecule has 4 aromatic rings. The summed E-state index contributed by atoms with van der Waals surface area (Å²) in [4.78, 5) is 3.86. The van der Waals surface area contributed by atoms with Crippen LogP contribution in [0.4, 0.5) is 8.78 Å². The molecule has 28 heavy (non-hydrogen) atoms. The van der Waals surface area contributed by atoms with E-state index in [0.29, 0.717) is 10.5 Å². The van der Waals surface area contributed by atoms with Crippen LogP contribution in [0.25, 0.3) is 10.9 Å². The van der Waals surface area contributed by atoms with E-state index in [2.05, 4.69) is 15.2 Å². The zero-order valence-electron chi connectivity index (χ0n) is 14.8. The Morgan fingerprint density at radius 1 is 1.21 bits per heavy atom. The molecule has 0 amide bonds. The average molecular weight is 404 g/mol. The molecular formula is C19H16ClF2N5O. The number of hydrogen-bond donors (Lipinski definition) is 1. The number of aliphatic hydroxyl groups is 1. The second-order valence-electron chi connectivity index (χ2n) is 6.63. The van der Waals surface area contributed by atoms with Crippen molar-refractivity contribution >= 4 is 22.5 Å². The molecule has 6 nitrogen and oxygen atoms in total. The molecule has 0 saturated heterocycles. The number of nitrogens with zero attached hydrogens (tertiary/aromatic N) is 5. The first kappa shape index (κ1) is 18.5. The first-order valence-corrected chi connectivity index (χ1v) is 8.89. The molecule has 0 aliphatic carbocycles. The highest BCUT2D eigenvalue weighted by atomic mass is 35.5. The van der Waals surface area contributed by atoms with Crippen LogP contribution in [0, 0.1) is 11.6 Å². The molecule has 2 aromatic heterocycles. The Bertz CT molecular complexity index is 1130. The van der Waals surface area contributed by atoms with Gasteiger partial charge in [-0.1, -0.05) is 17.7 Å². The number of benzene rings is 2. The van der Waals surface area contributed by atoms with Crippen molar-refractivity contribution in [3.63, 3.8) is 0 Å². The first-order valence-electron chi connectivity index (χ1n) is 8.51. The van der Waals surface area contributed by atoms with Gasteiger partial charge in [0, 0.05) is 28.2 Å². The lowest BCUT2D eigenvalue weighted by Crippen LogP contribution is -2.40. The Balaban J connectivity index is 1.83. The molecule has 0 spiro atoms. The van der Waals surface area contributed by atoms with Crippen LogP contribution in [-0.4, -0.2) is 29.7 Å². The lowest BCUT2D eigenvalue weighted by atomic mass is 9.86. The van der Waals surface area contributed by atoms with Gasteiger partial charge in [0.1, 0.15) is 29.9 Å². The zero-order valence-corrected chi connectivity index (χ0v) is 15.6. The smallest absolute Gasteiger partial charge is 0.137 e. The normalized spacial score (nSPS) is 14.9. The van der Waals surface area contributed by atoms with Gasteiger partial charge in [-0.2, -0.15) is 10.2 Å². The molecule has 0 aliphatic rings. The fourth-order valence-electron chi connectivity index (χ4n) is 3.28. The van der Waals surface area contributed by atoms with E-state index in [1.807, 2.05) is 0 Å². The average Bonchev–Trinajstić information content (AvgIpc) is 3.29. The van der Waals surface area contributed by atoms with Gasteiger partial charge in [0.15, 0.2) is 0 Å². The highest BCUT2D eigenvalue weighted by molar-refractivity contribution is 6.31. The SMILES string of the molecule is C[C@@H](n1cc2cc(Cl)ccc2n1)[C@](O)(Cn1cncn1)c1ccc(F)cc1F. The molecule has 0 fully saturated rings. The van der Waals surface area contributed by atoms with Crippen LogP contribution in [-0.2, 0) is 12.1 Å². The van der Waals surface area contributed by atoms with Gasteiger partial charge in [-0.3, -0.25) is 4.68 Å². The van der Waals surface area contributed by atoms with Crippen molar-refractivity contribution in [1.82, 2.24) is 24.5 Å². The Hall–Kier alpha value is -2.84. The first-order chi connectivity index (χ1) is 13.4. The summed E-state index contributed by atoms with van der Waals surface area (Å²) >= 11 is 6.03. The maximum Gasteiger partial charge on any atom is 0.137 e. The molecule has 1 N–H and O–H groups in total. The van der Waals surface area contributed by atoms with E-state index in [9.17, 15) is 13.9 Å². The molecule has 0 saturated carbocycles. The zero-order chi connectivity index (χ0) is 19.9. The van der Waals surface area contributed by atoms with E-state index >= 15 is 0 Å². The molecule has 2 aromatic carbocycles. The fourth-order valence-corrected chi connectivity index (χ4v) is 3.46. The number of hydrogen-bond acceptors (Lipinski definition) is 4. The maximum atomic E-state index is 14.6. The van der Waals surface area contributed by atoms with E-state index in [4.69, 9.17) is 11.6 Å². The second-order valence-corrected chi connectivity index (χ2v) is 7.07. The van der Waals surface area contributed by atoms with Crippen molar-refractivity contribution in [2.75, 3.05) is 0 Å². The Morgan fingerprint density at radius 2 is 2.04 bits per heavy atom. The summed E-state index contributed by atoms with van der Waals surface area (Å²) < 4.78 is 31.0. The Labute approximate surface area is 164 Å². The molecular weight excluding hydrogens is 388 g/mol. The number of rotatable bonds is 5. The lowest BCUT2D eigenvalue weighted by molar-refractivity contribution is -0.0366. The van der Waals surface area contributed by atoms with E-state index in [1.165, 1.54) is 23.4 Å². The molecule has 0 radical (unpaired) electrons. The van der Waals surface area contributed by atoms with Crippen molar-refractivity contribution in [1.29, 1.82) is 0 Å². The molecule has 2 heterocycles. The van der Waals surface area contributed by atoms with Gasteiger partial charge >= 0.3 is 0 Å². The van der Waals surface area contributed by atoms with Gasteiger partial charge in [0.05, 0.1) is 18.1 Å². The van der Waals surface area contributed by atoms with E-state index in [1.54, 1.807) is 36.0 Å². The predicted molar refractivity (Wildman–Crippen MR) is 99.7 cm³/mol. The minimum atomic E-state index is -1.78. The second kappa shape index (κ2) is 6.96. The largest absolute Gasteiger partial charge is 0.381 e. The Kier molecular flexibility index (Phi) is 4.60. The predicted octanol–water partition coefficient (Wildman–Crippen LogP) is 3.71. The highest BCUT2D eigenvalue weighted by Gasteiger charge is 2.40. The monoisotopic (exact) mass is 403 g/mol. The van der Waals surface area contributed by atoms with E-state index < -0.39 is 23.3 Å². The summed E-state index contributed by atoms with van der Waals surface area (Å²) in [6.45, 7) is 1.60. The van der Waals surface area contributed by atoms with Gasteiger partial charge < -0.3 is 5.11 Å². The van der Waals surface area contributed by atoms with Crippen LogP contribution in [0.3, 0.4) is 0 Å². The molecule has 0 bridgehead atoms. The van der Waals surface area contributed by atoms with Crippen LogP contribution >= 0.6 is 11.6 Å². The van der Waals surface area contributed by atoms with Crippen LogP contribution in [0.1, 0.15) is 18.5 Å². The number of halogens is 3. The highest BCUT2D eigenvalue weighted by Crippen LogP contribution is 2.37. The van der Waals surface area contributed by atoms with E-state index in [0.717, 1.165) is 17.5 Å². The minimum Gasteiger partial charge on any atom is -0.381 e. The third-order valence-electron chi connectivity index (χ3n) is 4.84. The number of aromatic nitrogens is 5. The molecule has 144 valence electrons. The summed E-state index contributed by atoms with van der Waals surface area (Å²) in [6, 6.07) is 7.59. The molecule has 0 aliphatic heterocycles. The topological polar surface area (TPSA) is 68.8 Å². The van der Waals surface area contributed by atoms with Gasteiger partial charge in [-0.15, -0.1) is 0 Å². The molecule has 4 rings (SSSR count). The quantitative estimate of drug-likeness (QED) is 0.551. The third kappa shape index (κ3) is 3.25. The summed E-state index contributed by atoms with van der Waals surface area (Å²) in [5.74, 6) is -1.58. The van der Waals surface area contributed by atoms with Gasteiger partial charge in [0.25, 0.3) is 0 Å². The summed E-state index contributed by atoms with van der Waals surface area (Å²) in [5, 5.41) is 21.4. The van der Waals surface area contributed by atoms with E-state index in [-0.39, 0.29) is 12.1 Å². The lowest BCUT2D eigenvalue weighted by Gasteiger charge is -2.34. The minimum absolute atomic E-state index is 0.0607. The van der Waals surface area contributed by atoms with Crippen molar-refractivity contribution < 1.29 is 13.9 Å².